The highest BCUT2D eigenvalue weighted by molar-refractivity contribution is 5.98. The van der Waals surface area contributed by atoms with Crippen LogP contribution in [0.15, 0.2) is 60.7 Å². The molecule has 0 saturated carbocycles. The molecule has 0 amide bonds. The summed E-state index contributed by atoms with van der Waals surface area (Å²) in [5, 5.41) is 12.7. The van der Waals surface area contributed by atoms with E-state index < -0.39 is 6.10 Å². The van der Waals surface area contributed by atoms with Crippen LogP contribution >= 0.6 is 0 Å². The molecular formula is C27H31NO5. The van der Waals surface area contributed by atoms with Crippen molar-refractivity contribution in [3.8, 4) is 17.2 Å². The topological polar surface area (TPSA) is 68.2 Å². The van der Waals surface area contributed by atoms with E-state index in [2.05, 4.69) is 4.90 Å². The van der Waals surface area contributed by atoms with Gasteiger partial charge in [-0.3, -0.25) is 4.79 Å². The standard InChI is InChI=1S/C27H31NO5/c1-31-25-11-10-21(16-26(25)32-2)27(30)20-12-14-28(15-13-20)17-22(29)18-33-24-9-5-7-19-6-3-4-8-23(19)24/h3-11,16,20,22,29H,12-15,17-18H2,1-2H3. The molecule has 1 heterocycles. The fraction of sp³-hybridized carbons (Fsp3) is 0.370. The number of Topliss-reactive ketones (excluding diaryl/α,β-unsaturated/α-hetero) is 1. The summed E-state index contributed by atoms with van der Waals surface area (Å²) in [6.07, 6.45) is 0.941. The highest BCUT2D eigenvalue weighted by Crippen LogP contribution is 2.30. The second-order valence-corrected chi connectivity index (χ2v) is 8.45. The number of hydrogen-bond acceptors (Lipinski definition) is 6. The molecule has 3 aromatic carbocycles. The van der Waals surface area contributed by atoms with E-state index in [4.69, 9.17) is 14.2 Å². The predicted molar refractivity (Wildman–Crippen MR) is 128 cm³/mol. The maximum atomic E-state index is 13.0. The number of ether oxygens (including phenoxy) is 3. The summed E-state index contributed by atoms with van der Waals surface area (Å²) >= 11 is 0. The summed E-state index contributed by atoms with van der Waals surface area (Å²) < 4.78 is 16.5. The normalized spacial score (nSPS) is 15.8. The number of fused-ring (bicyclic) bond motifs is 1. The number of piperidine rings is 1. The summed E-state index contributed by atoms with van der Waals surface area (Å²) in [5.41, 5.74) is 0.648. The van der Waals surface area contributed by atoms with E-state index in [0.717, 1.165) is 42.5 Å². The van der Waals surface area contributed by atoms with Crippen molar-refractivity contribution in [1.29, 1.82) is 0 Å². The Hall–Kier alpha value is -3.09. The zero-order valence-corrected chi connectivity index (χ0v) is 19.2. The zero-order chi connectivity index (χ0) is 23.2. The smallest absolute Gasteiger partial charge is 0.166 e. The first-order valence-corrected chi connectivity index (χ1v) is 11.4. The lowest BCUT2D eigenvalue weighted by molar-refractivity contribution is 0.0528. The summed E-state index contributed by atoms with van der Waals surface area (Å²) in [6.45, 7) is 2.31. The van der Waals surface area contributed by atoms with Gasteiger partial charge in [-0.15, -0.1) is 0 Å². The minimum absolute atomic E-state index is 0.0246. The van der Waals surface area contributed by atoms with Crippen molar-refractivity contribution in [1.82, 2.24) is 4.90 Å². The summed E-state index contributed by atoms with van der Waals surface area (Å²) in [6, 6.07) is 19.3. The maximum absolute atomic E-state index is 13.0. The van der Waals surface area contributed by atoms with E-state index in [9.17, 15) is 9.90 Å². The Balaban J connectivity index is 1.27. The molecule has 6 nitrogen and oxygen atoms in total. The van der Waals surface area contributed by atoms with Gasteiger partial charge < -0.3 is 24.2 Å². The highest BCUT2D eigenvalue weighted by Gasteiger charge is 2.27. The third-order valence-electron chi connectivity index (χ3n) is 6.28. The molecule has 6 heteroatoms. The highest BCUT2D eigenvalue weighted by atomic mass is 16.5. The van der Waals surface area contributed by atoms with E-state index in [0.29, 0.717) is 23.6 Å². The van der Waals surface area contributed by atoms with Crippen LogP contribution in [0.2, 0.25) is 0 Å². The van der Waals surface area contributed by atoms with Crippen molar-refractivity contribution in [3.05, 3.63) is 66.2 Å². The Bertz CT molecular complexity index is 1090. The molecule has 1 fully saturated rings. The van der Waals surface area contributed by atoms with Gasteiger partial charge in [-0.1, -0.05) is 36.4 Å². The Morgan fingerprint density at radius 3 is 2.45 bits per heavy atom. The second-order valence-electron chi connectivity index (χ2n) is 8.45. The molecular weight excluding hydrogens is 418 g/mol. The number of carbonyl (C=O) groups is 1. The number of ketones is 1. The summed E-state index contributed by atoms with van der Waals surface area (Å²) in [4.78, 5) is 15.2. The van der Waals surface area contributed by atoms with Gasteiger partial charge in [0, 0.05) is 23.4 Å². The Morgan fingerprint density at radius 2 is 1.70 bits per heavy atom. The van der Waals surface area contributed by atoms with Crippen LogP contribution in [0.4, 0.5) is 0 Å². The van der Waals surface area contributed by atoms with Crippen LogP contribution in [0.25, 0.3) is 10.8 Å². The molecule has 1 aliphatic rings. The molecule has 0 aliphatic carbocycles. The van der Waals surface area contributed by atoms with E-state index in [1.807, 2.05) is 42.5 Å². The van der Waals surface area contributed by atoms with E-state index >= 15 is 0 Å². The molecule has 1 aliphatic heterocycles. The number of methoxy groups -OCH3 is 2. The Kier molecular flexibility index (Phi) is 7.47. The van der Waals surface area contributed by atoms with Crippen molar-refractivity contribution < 1.29 is 24.1 Å². The predicted octanol–water partition coefficient (Wildman–Crippen LogP) is 4.19. The first-order chi connectivity index (χ1) is 16.1. The quantitative estimate of drug-likeness (QED) is 0.494. The van der Waals surface area contributed by atoms with Crippen LogP contribution in [0, 0.1) is 5.92 Å². The van der Waals surface area contributed by atoms with E-state index in [1.54, 1.807) is 32.4 Å². The van der Waals surface area contributed by atoms with Crippen LogP contribution < -0.4 is 14.2 Å². The van der Waals surface area contributed by atoms with E-state index in [-0.39, 0.29) is 18.3 Å². The number of aliphatic hydroxyl groups is 1. The van der Waals surface area contributed by atoms with Gasteiger partial charge in [0.1, 0.15) is 18.5 Å². The number of aliphatic hydroxyl groups excluding tert-OH is 1. The number of nitrogens with zero attached hydrogens (tertiary/aromatic N) is 1. The second kappa shape index (κ2) is 10.7. The summed E-state index contributed by atoms with van der Waals surface area (Å²) in [7, 11) is 3.15. The lowest BCUT2D eigenvalue weighted by Crippen LogP contribution is -2.42. The number of β-amino-alcohol motifs (C(OH)–C–C–N with tert-alkyl or cyclic N) is 1. The first kappa shape index (κ1) is 23.1. The minimum Gasteiger partial charge on any atom is -0.493 e. The largest absolute Gasteiger partial charge is 0.493 e. The van der Waals surface area contributed by atoms with Gasteiger partial charge in [0.2, 0.25) is 0 Å². The van der Waals surface area contributed by atoms with Crippen LogP contribution in [-0.4, -0.2) is 62.4 Å². The van der Waals surface area contributed by atoms with Crippen LogP contribution in [0.1, 0.15) is 23.2 Å². The Morgan fingerprint density at radius 1 is 0.970 bits per heavy atom. The van der Waals surface area contributed by atoms with Crippen molar-refractivity contribution in [2.75, 3.05) is 40.5 Å². The molecule has 1 atom stereocenters. The first-order valence-electron chi connectivity index (χ1n) is 11.4. The molecule has 0 spiro atoms. The molecule has 1 N–H and O–H groups in total. The number of benzene rings is 3. The molecule has 0 bridgehead atoms. The van der Waals surface area contributed by atoms with Gasteiger partial charge in [0.25, 0.3) is 0 Å². The van der Waals surface area contributed by atoms with Crippen molar-refractivity contribution >= 4 is 16.6 Å². The van der Waals surface area contributed by atoms with Crippen molar-refractivity contribution in [2.24, 2.45) is 5.92 Å². The molecule has 3 aromatic rings. The molecule has 0 radical (unpaired) electrons. The molecule has 1 unspecified atom stereocenters. The molecule has 1 saturated heterocycles. The third-order valence-corrected chi connectivity index (χ3v) is 6.28. The van der Waals surface area contributed by atoms with Gasteiger partial charge in [0.05, 0.1) is 14.2 Å². The van der Waals surface area contributed by atoms with Gasteiger partial charge in [-0.05, 0) is 55.6 Å². The monoisotopic (exact) mass is 449 g/mol. The average molecular weight is 450 g/mol. The molecule has 33 heavy (non-hydrogen) atoms. The number of likely N-dealkylation sites (tertiary alicyclic amines) is 1. The van der Waals surface area contributed by atoms with Crippen molar-refractivity contribution in [2.45, 2.75) is 18.9 Å². The van der Waals surface area contributed by atoms with Gasteiger partial charge in [-0.2, -0.15) is 0 Å². The summed E-state index contributed by atoms with van der Waals surface area (Å²) in [5.74, 6) is 2.07. The van der Waals surface area contributed by atoms with Crippen LogP contribution in [-0.2, 0) is 0 Å². The fourth-order valence-electron chi connectivity index (χ4n) is 4.46. The molecule has 174 valence electrons. The van der Waals surface area contributed by atoms with Crippen molar-refractivity contribution in [3.63, 3.8) is 0 Å². The number of rotatable bonds is 9. The van der Waals surface area contributed by atoms with Crippen LogP contribution in [0.5, 0.6) is 17.2 Å². The molecule has 0 aromatic heterocycles. The fourth-order valence-corrected chi connectivity index (χ4v) is 4.46. The molecule has 4 rings (SSSR count). The minimum atomic E-state index is -0.595. The van der Waals surface area contributed by atoms with E-state index in [1.165, 1.54) is 0 Å². The lowest BCUT2D eigenvalue weighted by atomic mass is 9.88. The SMILES string of the molecule is COc1ccc(C(=O)C2CCN(CC(O)COc3cccc4ccccc34)CC2)cc1OC. The third kappa shape index (κ3) is 5.46. The number of carbonyl (C=O) groups excluding carboxylic acids is 1. The van der Waals surface area contributed by atoms with Gasteiger partial charge in [-0.25, -0.2) is 0 Å². The van der Waals surface area contributed by atoms with Gasteiger partial charge >= 0.3 is 0 Å². The maximum Gasteiger partial charge on any atom is 0.166 e. The zero-order valence-electron chi connectivity index (χ0n) is 19.2. The lowest BCUT2D eigenvalue weighted by Gasteiger charge is -2.32. The number of hydrogen-bond donors (Lipinski definition) is 1. The van der Waals surface area contributed by atoms with Gasteiger partial charge in [0.15, 0.2) is 17.3 Å². The van der Waals surface area contributed by atoms with Crippen LogP contribution in [0.3, 0.4) is 0 Å². The average Bonchev–Trinajstić information content (AvgIpc) is 2.87. The Labute approximate surface area is 194 Å².